The summed E-state index contributed by atoms with van der Waals surface area (Å²) >= 11 is 15.5. The van der Waals surface area contributed by atoms with Gasteiger partial charge in [-0.05, 0) is 72.9 Å². The molecule has 0 aromatic heterocycles. The molecule has 0 saturated heterocycles. The highest BCUT2D eigenvalue weighted by Crippen LogP contribution is 2.24. The summed E-state index contributed by atoms with van der Waals surface area (Å²) in [5.74, 6) is 2.31. The van der Waals surface area contributed by atoms with Gasteiger partial charge in [0.1, 0.15) is 0 Å². The maximum absolute atomic E-state index is 5.86. The Morgan fingerprint density at radius 3 is 1.30 bits per heavy atom. The van der Waals surface area contributed by atoms with Crippen LogP contribution in [0.4, 0.5) is 0 Å². The third-order valence-corrected chi connectivity index (χ3v) is 5.40. The zero-order valence-electron chi connectivity index (χ0n) is 11.0. The Bertz CT molecular complexity index is 460. The lowest BCUT2D eigenvalue weighted by molar-refractivity contribution is 0.907. The summed E-state index contributed by atoms with van der Waals surface area (Å²) in [6.07, 6.45) is 2.46. The fraction of sp³-hybridized carbons (Fsp3) is 0.250. The molecule has 0 aliphatic heterocycles. The molecule has 0 spiro atoms. The molecule has 2 aromatic carbocycles. The van der Waals surface area contributed by atoms with Gasteiger partial charge < -0.3 is 0 Å². The number of halogens is 2. The summed E-state index contributed by atoms with van der Waals surface area (Å²) in [7, 11) is 0. The van der Waals surface area contributed by atoms with E-state index >= 15 is 0 Å². The van der Waals surface area contributed by atoms with Crippen molar-refractivity contribution in [3.63, 3.8) is 0 Å². The quantitative estimate of drug-likeness (QED) is 0.407. The van der Waals surface area contributed by atoms with E-state index in [1.165, 1.54) is 22.6 Å². The summed E-state index contributed by atoms with van der Waals surface area (Å²) in [6, 6.07) is 16.1. The van der Waals surface area contributed by atoms with E-state index in [-0.39, 0.29) is 0 Å². The maximum atomic E-state index is 5.86. The lowest BCUT2D eigenvalue weighted by Crippen LogP contribution is -1.84. The molecule has 0 amide bonds. The van der Waals surface area contributed by atoms with Crippen molar-refractivity contribution in [1.82, 2.24) is 0 Å². The molecule has 20 heavy (non-hydrogen) atoms. The van der Waals surface area contributed by atoms with Crippen LogP contribution in [0.1, 0.15) is 12.8 Å². The molecular weight excluding hydrogens is 327 g/mol. The van der Waals surface area contributed by atoms with Crippen molar-refractivity contribution in [2.45, 2.75) is 22.6 Å². The van der Waals surface area contributed by atoms with Crippen LogP contribution in [0.2, 0.25) is 10.0 Å². The summed E-state index contributed by atoms with van der Waals surface area (Å²) in [6.45, 7) is 0. The Labute approximate surface area is 139 Å². The standard InChI is InChI=1S/C16H16Cl2S2/c17-13-3-7-15(8-4-13)19-11-1-2-12-20-16-9-5-14(18)6-10-16/h3-10H,1-2,11-12H2. The molecule has 0 heterocycles. The van der Waals surface area contributed by atoms with Crippen molar-refractivity contribution in [3.05, 3.63) is 58.6 Å². The number of rotatable bonds is 7. The Balaban J connectivity index is 1.57. The highest BCUT2D eigenvalue weighted by atomic mass is 35.5. The molecule has 106 valence electrons. The highest BCUT2D eigenvalue weighted by Gasteiger charge is 1.97. The fourth-order valence-electron chi connectivity index (χ4n) is 1.65. The average Bonchev–Trinajstić information content (AvgIpc) is 2.46. The predicted octanol–water partition coefficient (Wildman–Crippen LogP) is 6.66. The lowest BCUT2D eigenvalue weighted by atomic mass is 10.4. The van der Waals surface area contributed by atoms with E-state index in [4.69, 9.17) is 23.2 Å². The first kappa shape index (κ1) is 16.1. The monoisotopic (exact) mass is 342 g/mol. The number of benzene rings is 2. The van der Waals surface area contributed by atoms with Crippen LogP contribution in [0, 0.1) is 0 Å². The minimum Gasteiger partial charge on any atom is -0.126 e. The summed E-state index contributed by atoms with van der Waals surface area (Å²) in [5, 5.41) is 1.60. The van der Waals surface area contributed by atoms with E-state index in [0.717, 1.165) is 21.6 Å². The fourth-order valence-corrected chi connectivity index (χ4v) is 3.72. The molecule has 4 heteroatoms. The first-order valence-corrected chi connectivity index (χ1v) is 9.23. The third-order valence-electron chi connectivity index (χ3n) is 2.70. The van der Waals surface area contributed by atoms with Crippen molar-refractivity contribution in [1.29, 1.82) is 0 Å². The average molecular weight is 343 g/mol. The van der Waals surface area contributed by atoms with Crippen LogP contribution in [-0.4, -0.2) is 11.5 Å². The SMILES string of the molecule is Clc1ccc(SCCCCSc2ccc(Cl)cc2)cc1. The largest absolute Gasteiger partial charge is 0.126 e. The van der Waals surface area contributed by atoms with Gasteiger partial charge in [-0.2, -0.15) is 0 Å². The van der Waals surface area contributed by atoms with Crippen LogP contribution in [0.5, 0.6) is 0 Å². The second kappa shape index (κ2) is 8.89. The molecule has 0 radical (unpaired) electrons. The van der Waals surface area contributed by atoms with Gasteiger partial charge in [0, 0.05) is 19.8 Å². The van der Waals surface area contributed by atoms with E-state index in [1.54, 1.807) is 0 Å². The zero-order chi connectivity index (χ0) is 14.2. The number of thioether (sulfide) groups is 2. The van der Waals surface area contributed by atoms with Gasteiger partial charge in [0.15, 0.2) is 0 Å². The molecule has 0 N–H and O–H groups in total. The highest BCUT2D eigenvalue weighted by molar-refractivity contribution is 7.99. The van der Waals surface area contributed by atoms with E-state index in [2.05, 4.69) is 24.3 Å². The van der Waals surface area contributed by atoms with E-state index in [9.17, 15) is 0 Å². The molecule has 0 unspecified atom stereocenters. The smallest absolute Gasteiger partial charge is 0.0406 e. The second-order valence-corrected chi connectivity index (χ2v) is 7.52. The van der Waals surface area contributed by atoms with Gasteiger partial charge in [-0.1, -0.05) is 23.2 Å². The van der Waals surface area contributed by atoms with Gasteiger partial charge in [-0.3, -0.25) is 0 Å². The Morgan fingerprint density at radius 2 is 0.950 bits per heavy atom. The molecule has 0 bridgehead atoms. The molecule has 0 fully saturated rings. The maximum Gasteiger partial charge on any atom is 0.0406 e. The normalized spacial score (nSPS) is 10.7. The molecule has 0 nitrogen and oxygen atoms in total. The van der Waals surface area contributed by atoms with Crippen molar-refractivity contribution < 1.29 is 0 Å². The molecule has 2 rings (SSSR count). The predicted molar refractivity (Wildman–Crippen MR) is 93.6 cm³/mol. The van der Waals surface area contributed by atoms with Crippen molar-refractivity contribution >= 4 is 46.7 Å². The van der Waals surface area contributed by atoms with Gasteiger partial charge in [0.05, 0.1) is 0 Å². The molecule has 0 atom stereocenters. The van der Waals surface area contributed by atoms with Crippen LogP contribution in [-0.2, 0) is 0 Å². The van der Waals surface area contributed by atoms with Crippen molar-refractivity contribution in [2.24, 2.45) is 0 Å². The molecule has 0 aliphatic rings. The Hall–Kier alpha value is -0.280. The van der Waals surface area contributed by atoms with Gasteiger partial charge in [0.2, 0.25) is 0 Å². The van der Waals surface area contributed by atoms with E-state index in [0.29, 0.717) is 0 Å². The van der Waals surface area contributed by atoms with Gasteiger partial charge in [-0.25, -0.2) is 0 Å². The lowest BCUT2D eigenvalue weighted by Gasteiger charge is -2.03. The topological polar surface area (TPSA) is 0 Å². The molecular formula is C16H16Cl2S2. The number of unbranched alkanes of at least 4 members (excludes halogenated alkanes) is 1. The van der Waals surface area contributed by atoms with Gasteiger partial charge >= 0.3 is 0 Å². The number of hydrogen-bond acceptors (Lipinski definition) is 2. The van der Waals surface area contributed by atoms with Gasteiger partial charge in [-0.15, -0.1) is 23.5 Å². The second-order valence-electron chi connectivity index (χ2n) is 4.31. The van der Waals surface area contributed by atoms with Crippen molar-refractivity contribution in [3.8, 4) is 0 Å². The minimum absolute atomic E-state index is 0.800. The summed E-state index contributed by atoms with van der Waals surface area (Å²) in [5.41, 5.74) is 0. The Morgan fingerprint density at radius 1 is 0.600 bits per heavy atom. The van der Waals surface area contributed by atoms with E-state index < -0.39 is 0 Å². The van der Waals surface area contributed by atoms with Gasteiger partial charge in [0.25, 0.3) is 0 Å². The van der Waals surface area contributed by atoms with Crippen molar-refractivity contribution in [2.75, 3.05) is 11.5 Å². The Kier molecular flexibility index (Phi) is 7.15. The van der Waals surface area contributed by atoms with Crippen LogP contribution in [0.25, 0.3) is 0 Å². The van der Waals surface area contributed by atoms with E-state index in [1.807, 2.05) is 47.8 Å². The molecule has 0 saturated carbocycles. The summed E-state index contributed by atoms with van der Waals surface area (Å²) in [4.78, 5) is 2.58. The molecule has 0 aliphatic carbocycles. The minimum atomic E-state index is 0.800. The summed E-state index contributed by atoms with van der Waals surface area (Å²) < 4.78 is 0. The first-order chi connectivity index (χ1) is 9.74. The zero-order valence-corrected chi connectivity index (χ0v) is 14.2. The van der Waals surface area contributed by atoms with Crippen LogP contribution < -0.4 is 0 Å². The van der Waals surface area contributed by atoms with Crippen LogP contribution in [0.3, 0.4) is 0 Å². The van der Waals surface area contributed by atoms with Crippen LogP contribution >= 0.6 is 46.7 Å². The van der Waals surface area contributed by atoms with Crippen LogP contribution in [0.15, 0.2) is 58.3 Å². The first-order valence-electron chi connectivity index (χ1n) is 6.51. The molecule has 2 aromatic rings. The number of hydrogen-bond donors (Lipinski definition) is 0. The third kappa shape index (κ3) is 6.01.